The lowest BCUT2D eigenvalue weighted by atomic mass is 10.1. The van der Waals surface area contributed by atoms with Crippen molar-refractivity contribution in [2.75, 3.05) is 5.73 Å². The Bertz CT molecular complexity index is 825. The van der Waals surface area contributed by atoms with Crippen molar-refractivity contribution in [2.45, 2.75) is 20.8 Å². The van der Waals surface area contributed by atoms with Crippen LogP contribution in [0.3, 0.4) is 0 Å². The van der Waals surface area contributed by atoms with Gasteiger partial charge in [0.05, 0.1) is 11.2 Å². The maximum atomic E-state index is 6.24. The number of nitrogens with zero attached hydrogens (tertiary/aromatic N) is 1. The molecule has 21 heavy (non-hydrogen) atoms. The fourth-order valence-corrected chi connectivity index (χ4v) is 2.44. The summed E-state index contributed by atoms with van der Waals surface area (Å²) in [6.07, 6.45) is 1.76. The van der Waals surface area contributed by atoms with Gasteiger partial charge in [0, 0.05) is 11.6 Å². The largest absolute Gasteiger partial charge is 0.455 e. The van der Waals surface area contributed by atoms with E-state index >= 15 is 0 Å². The lowest BCUT2D eigenvalue weighted by Crippen LogP contribution is -1.97. The molecule has 3 rings (SSSR count). The zero-order chi connectivity index (χ0) is 15.0. The van der Waals surface area contributed by atoms with E-state index < -0.39 is 0 Å². The molecule has 3 nitrogen and oxygen atoms in total. The Morgan fingerprint density at radius 3 is 2.52 bits per heavy atom. The molecule has 0 fully saturated rings. The van der Waals surface area contributed by atoms with Crippen LogP contribution in [0.1, 0.15) is 16.7 Å². The summed E-state index contributed by atoms with van der Waals surface area (Å²) in [4.78, 5) is 4.30. The molecule has 3 heteroatoms. The smallest absolute Gasteiger partial charge is 0.151 e. The van der Waals surface area contributed by atoms with Crippen LogP contribution in [0.5, 0.6) is 11.5 Å². The minimum Gasteiger partial charge on any atom is -0.455 e. The van der Waals surface area contributed by atoms with E-state index in [0.717, 1.165) is 27.8 Å². The van der Waals surface area contributed by atoms with Crippen LogP contribution in [0, 0.1) is 20.8 Å². The van der Waals surface area contributed by atoms with Crippen LogP contribution in [0.15, 0.2) is 42.6 Å². The van der Waals surface area contributed by atoms with Crippen LogP contribution in [-0.2, 0) is 0 Å². The Labute approximate surface area is 124 Å². The summed E-state index contributed by atoms with van der Waals surface area (Å²) in [5.41, 5.74) is 11.2. The Balaban J connectivity index is 2.11. The summed E-state index contributed by atoms with van der Waals surface area (Å²) < 4.78 is 6.11. The van der Waals surface area contributed by atoms with Crippen LogP contribution >= 0.6 is 0 Å². The first-order valence-corrected chi connectivity index (χ1v) is 6.96. The number of rotatable bonds is 2. The van der Waals surface area contributed by atoms with Gasteiger partial charge in [-0.2, -0.15) is 0 Å². The van der Waals surface area contributed by atoms with Crippen LogP contribution in [0.4, 0.5) is 5.69 Å². The highest BCUT2D eigenvalue weighted by molar-refractivity contribution is 5.93. The van der Waals surface area contributed by atoms with Crippen molar-refractivity contribution in [2.24, 2.45) is 0 Å². The summed E-state index contributed by atoms with van der Waals surface area (Å²) in [6.45, 7) is 6.19. The Kier molecular flexibility index (Phi) is 3.26. The van der Waals surface area contributed by atoms with E-state index in [9.17, 15) is 0 Å². The van der Waals surface area contributed by atoms with Crippen LogP contribution in [0.2, 0.25) is 0 Å². The number of nitrogens with two attached hydrogens (primary N) is 1. The fraction of sp³-hybridized carbons (Fsp3) is 0.167. The molecule has 0 spiro atoms. The number of ether oxygens (including phenoxy) is 1. The van der Waals surface area contributed by atoms with Gasteiger partial charge in [0.25, 0.3) is 0 Å². The highest BCUT2D eigenvalue weighted by atomic mass is 16.5. The monoisotopic (exact) mass is 278 g/mol. The predicted octanol–water partition coefficient (Wildman–Crippen LogP) is 4.53. The molecule has 0 atom stereocenters. The van der Waals surface area contributed by atoms with E-state index in [1.165, 1.54) is 5.56 Å². The molecule has 0 saturated heterocycles. The first-order valence-electron chi connectivity index (χ1n) is 6.96. The molecule has 0 saturated carbocycles. The summed E-state index contributed by atoms with van der Waals surface area (Å²) >= 11 is 0. The highest BCUT2D eigenvalue weighted by Gasteiger charge is 2.11. The number of anilines is 1. The van der Waals surface area contributed by atoms with Gasteiger partial charge >= 0.3 is 0 Å². The standard InChI is InChI=1S/C18H18N2O/c1-11-6-7-12(2)18(13(11)3)21-16-9-8-15-14(17(16)19)5-4-10-20-15/h4-10H,19H2,1-3H3. The van der Waals surface area contributed by atoms with Crippen molar-refractivity contribution in [3.63, 3.8) is 0 Å². The van der Waals surface area contributed by atoms with Gasteiger partial charge in [0.1, 0.15) is 5.75 Å². The van der Waals surface area contributed by atoms with Gasteiger partial charge in [0.15, 0.2) is 5.75 Å². The zero-order valence-electron chi connectivity index (χ0n) is 12.5. The average molecular weight is 278 g/mol. The van der Waals surface area contributed by atoms with Crippen LogP contribution in [0.25, 0.3) is 10.9 Å². The minimum absolute atomic E-state index is 0.626. The van der Waals surface area contributed by atoms with E-state index in [2.05, 4.69) is 31.0 Å². The maximum absolute atomic E-state index is 6.24. The summed E-state index contributed by atoms with van der Waals surface area (Å²) in [5, 5.41) is 0.915. The second kappa shape index (κ2) is 5.09. The van der Waals surface area contributed by atoms with E-state index in [1.54, 1.807) is 6.20 Å². The highest BCUT2D eigenvalue weighted by Crippen LogP contribution is 2.36. The number of benzene rings is 2. The number of aryl methyl sites for hydroxylation is 2. The first-order chi connectivity index (χ1) is 10.1. The second-order valence-corrected chi connectivity index (χ2v) is 5.30. The molecule has 2 aromatic carbocycles. The summed E-state index contributed by atoms with van der Waals surface area (Å²) in [7, 11) is 0. The molecule has 106 valence electrons. The van der Waals surface area contributed by atoms with Gasteiger partial charge < -0.3 is 10.5 Å². The van der Waals surface area contributed by atoms with E-state index in [0.29, 0.717) is 11.4 Å². The number of aromatic nitrogens is 1. The lowest BCUT2D eigenvalue weighted by molar-refractivity contribution is 0.477. The molecule has 0 amide bonds. The van der Waals surface area contributed by atoms with Crippen molar-refractivity contribution in [1.29, 1.82) is 0 Å². The van der Waals surface area contributed by atoms with Gasteiger partial charge in [-0.05, 0) is 61.7 Å². The van der Waals surface area contributed by atoms with Gasteiger partial charge in [-0.25, -0.2) is 0 Å². The molecular formula is C18H18N2O. The van der Waals surface area contributed by atoms with Gasteiger partial charge in [-0.3, -0.25) is 4.98 Å². The molecule has 2 N–H and O–H groups in total. The van der Waals surface area contributed by atoms with Crippen molar-refractivity contribution in [3.8, 4) is 11.5 Å². The Morgan fingerprint density at radius 2 is 1.71 bits per heavy atom. The number of fused-ring (bicyclic) bond motifs is 1. The number of pyridine rings is 1. The van der Waals surface area contributed by atoms with E-state index in [-0.39, 0.29) is 0 Å². The number of hydrogen-bond acceptors (Lipinski definition) is 3. The summed E-state index contributed by atoms with van der Waals surface area (Å²) in [5.74, 6) is 1.55. The molecule has 0 aliphatic heterocycles. The third-order valence-electron chi connectivity index (χ3n) is 3.87. The number of nitrogen functional groups attached to an aromatic ring is 1. The summed E-state index contributed by atoms with van der Waals surface area (Å²) in [6, 6.07) is 11.8. The van der Waals surface area contributed by atoms with E-state index in [1.807, 2.05) is 31.2 Å². The van der Waals surface area contributed by atoms with Crippen LogP contribution < -0.4 is 10.5 Å². The maximum Gasteiger partial charge on any atom is 0.151 e. The Morgan fingerprint density at radius 1 is 0.952 bits per heavy atom. The molecule has 1 heterocycles. The molecule has 3 aromatic rings. The van der Waals surface area contributed by atoms with Gasteiger partial charge in [0.2, 0.25) is 0 Å². The van der Waals surface area contributed by atoms with Crippen molar-refractivity contribution in [3.05, 3.63) is 59.3 Å². The fourth-order valence-electron chi connectivity index (χ4n) is 2.44. The van der Waals surface area contributed by atoms with Crippen molar-refractivity contribution < 1.29 is 4.74 Å². The number of hydrogen-bond donors (Lipinski definition) is 1. The van der Waals surface area contributed by atoms with Gasteiger partial charge in [-0.15, -0.1) is 0 Å². The third-order valence-corrected chi connectivity index (χ3v) is 3.87. The average Bonchev–Trinajstić information content (AvgIpc) is 2.50. The van der Waals surface area contributed by atoms with Crippen molar-refractivity contribution >= 4 is 16.6 Å². The topological polar surface area (TPSA) is 48.1 Å². The molecule has 0 aliphatic carbocycles. The molecule has 1 aromatic heterocycles. The minimum atomic E-state index is 0.626. The third kappa shape index (κ3) is 2.31. The van der Waals surface area contributed by atoms with E-state index in [4.69, 9.17) is 10.5 Å². The SMILES string of the molecule is Cc1ccc(C)c(Oc2ccc3ncccc3c2N)c1C. The van der Waals surface area contributed by atoms with Crippen molar-refractivity contribution in [1.82, 2.24) is 4.98 Å². The molecule has 0 bridgehead atoms. The normalized spacial score (nSPS) is 10.8. The lowest BCUT2D eigenvalue weighted by Gasteiger charge is -2.15. The van der Waals surface area contributed by atoms with Gasteiger partial charge in [-0.1, -0.05) is 12.1 Å². The predicted molar refractivity (Wildman–Crippen MR) is 86.9 cm³/mol. The second-order valence-electron chi connectivity index (χ2n) is 5.30. The quantitative estimate of drug-likeness (QED) is 0.700. The molecule has 0 radical (unpaired) electrons. The van der Waals surface area contributed by atoms with Crippen LogP contribution in [-0.4, -0.2) is 4.98 Å². The first kappa shape index (κ1) is 13.4. The molecule has 0 unspecified atom stereocenters. The molecule has 0 aliphatic rings. The molecular weight excluding hydrogens is 260 g/mol. The Hall–Kier alpha value is -2.55. The zero-order valence-corrected chi connectivity index (χ0v) is 12.5.